The fraction of sp³-hybridized carbons (Fsp3) is 0.100. The number of halogens is 1. The van der Waals surface area contributed by atoms with Crippen molar-refractivity contribution in [2.75, 3.05) is 0 Å². The van der Waals surface area contributed by atoms with Gasteiger partial charge in [0.1, 0.15) is 5.82 Å². The summed E-state index contributed by atoms with van der Waals surface area (Å²) in [5.41, 5.74) is 6.25. The molecule has 0 unspecified atom stereocenters. The summed E-state index contributed by atoms with van der Waals surface area (Å²) in [6, 6.07) is 12.7. The first-order chi connectivity index (χ1) is 11.6. The summed E-state index contributed by atoms with van der Waals surface area (Å²) in [4.78, 5) is 8.58. The molecular formula is C20H16FN3. The van der Waals surface area contributed by atoms with Crippen molar-refractivity contribution in [2.24, 2.45) is 7.05 Å². The zero-order valence-electron chi connectivity index (χ0n) is 13.5. The summed E-state index contributed by atoms with van der Waals surface area (Å²) in [7, 11) is 2.03. The van der Waals surface area contributed by atoms with Gasteiger partial charge in [-0.25, -0.2) is 4.39 Å². The van der Waals surface area contributed by atoms with Crippen LogP contribution in [0.4, 0.5) is 4.39 Å². The highest BCUT2D eigenvalue weighted by Crippen LogP contribution is 2.39. The van der Waals surface area contributed by atoms with Crippen molar-refractivity contribution >= 4 is 10.9 Å². The largest absolute Gasteiger partial charge is 0.343 e. The van der Waals surface area contributed by atoms with Crippen molar-refractivity contribution in [2.45, 2.75) is 6.92 Å². The van der Waals surface area contributed by atoms with Gasteiger partial charge in [-0.1, -0.05) is 0 Å². The highest BCUT2D eigenvalue weighted by atomic mass is 19.1. The second-order valence-corrected chi connectivity index (χ2v) is 5.87. The summed E-state index contributed by atoms with van der Waals surface area (Å²) >= 11 is 0. The third-order valence-corrected chi connectivity index (χ3v) is 4.31. The zero-order chi connectivity index (χ0) is 16.7. The van der Waals surface area contributed by atoms with Crippen molar-refractivity contribution in [3.05, 3.63) is 72.6 Å². The number of nitrogens with zero attached hydrogens (tertiary/aromatic N) is 3. The first kappa shape index (κ1) is 14.6. The molecule has 0 aliphatic heterocycles. The Kier molecular flexibility index (Phi) is 3.38. The Morgan fingerprint density at radius 1 is 0.958 bits per heavy atom. The summed E-state index contributed by atoms with van der Waals surface area (Å²) in [5.74, 6) is -0.236. The molecule has 0 atom stereocenters. The maximum atomic E-state index is 13.4. The first-order valence-corrected chi connectivity index (χ1v) is 7.76. The van der Waals surface area contributed by atoms with Gasteiger partial charge >= 0.3 is 0 Å². The maximum absolute atomic E-state index is 13.4. The highest BCUT2D eigenvalue weighted by molar-refractivity contribution is 6.04. The smallest absolute Gasteiger partial charge is 0.123 e. The fourth-order valence-electron chi connectivity index (χ4n) is 3.19. The van der Waals surface area contributed by atoms with Gasteiger partial charge in [-0.15, -0.1) is 0 Å². The molecular weight excluding hydrogens is 301 g/mol. The highest BCUT2D eigenvalue weighted by Gasteiger charge is 2.18. The van der Waals surface area contributed by atoms with E-state index in [1.54, 1.807) is 12.4 Å². The van der Waals surface area contributed by atoms with E-state index in [2.05, 4.69) is 20.6 Å². The predicted molar refractivity (Wildman–Crippen MR) is 94.1 cm³/mol. The van der Waals surface area contributed by atoms with E-state index in [1.165, 1.54) is 12.1 Å². The molecule has 3 nitrogen and oxygen atoms in total. The van der Waals surface area contributed by atoms with Crippen LogP contribution in [0.3, 0.4) is 0 Å². The molecule has 0 bridgehead atoms. The molecule has 4 rings (SSSR count). The third kappa shape index (κ3) is 2.27. The van der Waals surface area contributed by atoms with Gasteiger partial charge < -0.3 is 4.57 Å². The van der Waals surface area contributed by atoms with Gasteiger partial charge in [0.2, 0.25) is 0 Å². The number of benzene rings is 1. The minimum Gasteiger partial charge on any atom is -0.343 e. The molecule has 0 saturated heterocycles. The van der Waals surface area contributed by atoms with Crippen LogP contribution in [0, 0.1) is 12.7 Å². The van der Waals surface area contributed by atoms with Gasteiger partial charge in [-0.2, -0.15) is 0 Å². The van der Waals surface area contributed by atoms with Crippen LogP contribution >= 0.6 is 0 Å². The maximum Gasteiger partial charge on any atom is 0.123 e. The molecule has 118 valence electrons. The minimum atomic E-state index is -0.236. The molecule has 0 saturated carbocycles. The van der Waals surface area contributed by atoms with Gasteiger partial charge in [0.25, 0.3) is 0 Å². The van der Waals surface area contributed by atoms with Crippen LogP contribution in [0.25, 0.3) is 33.3 Å². The van der Waals surface area contributed by atoms with E-state index >= 15 is 0 Å². The number of pyridine rings is 2. The molecule has 0 spiro atoms. The summed E-state index contributed by atoms with van der Waals surface area (Å²) in [5, 5.41) is 1.08. The summed E-state index contributed by atoms with van der Waals surface area (Å²) in [6.07, 6.45) is 5.47. The molecule has 24 heavy (non-hydrogen) atoms. The lowest BCUT2D eigenvalue weighted by Crippen LogP contribution is -1.93. The average molecular weight is 317 g/mol. The Labute approximate surface area is 139 Å². The van der Waals surface area contributed by atoms with E-state index in [9.17, 15) is 4.39 Å². The van der Waals surface area contributed by atoms with Crippen LogP contribution in [0.5, 0.6) is 0 Å². The Morgan fingerprint density at radius 3 is 2.38 bits per heavy atom. The molecule has 3 aromatic heterocycles. The lowest BCUT2D eigenvalue weighted by atomic mass is 10.00. The molecule has 4 heteroatoms. The Balaban J connectivity index is 2.11. The lowest BCUT2D eigenvalue weighted by molar-refractivity contribution is 0.628. The van der Waals surface area contributed by atoms with Crippen molar-refractivity contribution in [1.82, 2.24) is 14.5 Å². The number of aryl methyl sites for hydroxylation is 2. The van der Waals surface area contributed by atoms with E-state index in [0.29, 0.717) is 0 Å². The van der Waals surface area contributed by atoms with Crippen molar-refractivity contribution in [1.29, 1.82) is 0 Å². The molecule has 0 fully saturated rings. The van der Waals surface area contributed by atoms with Crippen LogP contribution in [0.2, 0.25) is 0 Å². The molecule has 4 aromatic rings. The standard InChI is InChI=1S/C20H16FN3/c1-13-11-18-17(12-23-13)19(14-7-9-22-10-8-14)20(24(18)2)15-3-5-16(21)6-4-15/h3-12H,1-2H3. The number of hydrogen-bond acceptors (Lipinski definition) is 2. The number of hydrogen-bond donors (Lipinski definition) is 0. The number of rotatable bonds is 2. The van der Waals surface area contributed by atoms with E-state index in [4.69, 9.17) is 0 Å². The third-order valence-electron chi connectivity index (χ3n) is 4.31. The molecule has 1 aromatic carbocycles. The number of aromatic nitrogens is 3. The molecule has 0 aliphatic carbocycles. The van der Waals surface area contributed by atoms with Crippen molar-refractivity contribution < 1.29 is 4.39 Å². The van der Waals surface area contributed by atoms with Crippen LogP contribution in [0.15, 0.2) is 61.1 Å². The number of fused-ring (bicyclic) bond motifs is 1. The van der Waals surface area contributed by atoms with Gasteiger partial charge in [-0.05, 0) is 60.5 Å². The van der Waals surface area contributed by atoms with E-state index in [-0.39, 0.29) is 5.82 Å². The fourth-order valence-corrected chi connectivity index (χ4v) is 3.19. The van der Waals surface area contributed by atoms with Gasteiger partial charge in [0, 0.05) is 42.3 Å². The Hall–Kier alpha value is -3.01. The van der Waals surface area contributed by atoms with Crippen LogP contribution in [-0.4, -0.2) is 14.5 Å². The molecule has 0 N–H and O–H groups in total. The quantitative estimate of drug-likeness (QED) is 0.534. The topological polar surface area (TPSA) is 30.7 Å². The molecule has 0 radical (unpaired) electrons. The Morgan fingerprint density at radius 2 is 1.67 bits per heavy atom. The SMILES string of the molecule is Cc1cc2c(cn1)c(-c1ccncc1)c(-c1ccc(F)cc1)n2C. The second kappa shape index (κ2) is 5.57. The van der Waals surface area contributed by atoms with Gasteiger partial charge in [0.05, 0.1) is 11.2 Å². The predicted octanol–water partition coefficient (Wildman–Crippen LogP) is 4.75. The first-order valence-electron chi connectivity index (χ1n) is 7.76. The van der Waals surface area contributed by atoms with Crippen LogP contribution < -0.4 is 0 Å². The van der Waals surface area contributed by atoms with Gasteiger partial charge in [-0.3, -0.25) is 9.97 Å². The lowest BCUT2D eigenvalue weighted by Gasteiger charge is -2.08. The molecule has 0 aliphatic rings. The van der Waals surface area contributed by atoms with E-state index in [1.807, 2.05) is 44.4 Å². The normalized spacial score (nSPS) is 11.1. The summed E-state index contributed by atoms with van der Waals surface area (Å²) < 4.78 is 15.5. The molecule has 3 heterocycles. The van der Waals surface area contributed by atoms with Crippen LogP contribution in [-0.2, 0) is 7.05 Å². The second-order valence-electron chi connectivity index (χ2n) is 5.87. The van der Waals surface area contributed by atoms with Crippen molar-refractivity contribution in [3.8, 4) is 22.4 Å². The minimum absolute atomic E-state index is 0.236. The molecule has 0 amide bonds. The Bertz CT molecular complexity index is 1020. The zero-order valence-corrected chi connectivity index (χ0v) is 13.5. The average Bonchev–Trinajstić information content (AvgIpc) is 2.89. The van der Waals surface area contributed by atoms with Crippen molar-refractivity contribution in [3.63, 3.8) is 0 Å². The van der Waals surface area contributed by atoms with E-state index < -0.39 is 0 Å². The van der Waals surface area contributed by atoms with Gasteiger partial charge in [0.15, 0.2) is 0 Å². The summed E-state index contributed by atoms with van der Waals surface area (Å²) in [6.45, 7) is 1.98. The monoisotopic (exact) mass is 317 g/mol. The van der Waals surface area contributed by atoms with E-state index in [0.717, 1.165) is 39.0 Å². The van der Waals surface area contributed by atoms with Crippen LogP contribution in [0.1, 0.15) is 5.69 Å².